The van der Waals surface area contributed by atoms with Crippen LogP contribution in [0.5, 0.6) is 0 Å². The summed E-state index contributed by atoms with van der Waals surface area (Å²) in [6, 6.07) is 5.88. The minimum absolute atomic E-state index is 0.0878. The highest BCUT2D eigenvalue weighted by Crippen LogP contribution is 2.26. The van der Waals surface area contributed by atoms with Crippen LogP contribution in [0.2, 0.25) is 0 Å². The highest BCUT2D eigenvalue weighted by molar-refractivity contribution is 5.79. The Morgan fingerprint density at radius 1 is 1.35 bits per heavy atom. The molecule has 0 fully saturated rings. The molecule has 2 aromatic rings. The second kappa shape index (κ2) is 7.83. The van der Waals surface area contributed by atoms with Gasteiger partial charge >= 0.3 is 0 Å². The maximum Gasteiger partial charge on any atom is 0.223 e. The Labute approximate surface area is 153 Å². The van der Waals surface area contributed by atoms with Crippen LogP contribution >= 0.6 is 0 Å². The van der Waals surface area contributed by atoms with Crippen molar-refractivity contribution in [2.24, 2.45) is 5.92 Å². The van der Waals surface area contributed by atoms with Crippen molar-refractivity contribution in [2.75, 3.05) is 13.2 Å². The van der Waals surface area contributed by atoms with Gasteiger partial charge in [0.25, 0.3) is 0 Å². The Bertz CT molecular complexity index is 784. The molecule has 0 spiro atoms. The molecule has 0 radical (unpaired) electrons. The Balaban J connectivity index is 1.40. The van der Waals surface area contributed by atoms with Crippen molar-refractivity contribution < 1.29 is 9.53 Å². The fraction of sp³-hybridized carbons (Fsp3) is 0.450. The summed E-state index contributed by atoms with van der Waals surface area (Å²) in [5.74, 6) is 0.211. The molecule has 2 aromatic heterocycles. The van der Waals surface area contributed by atoms with E-state index in [0.717, 1.165) is 37.1 Å². The normalized spacial score (nSPS) is 22.0. The molecule has 136 valence electrons. The van der Waals surface area contributed by atoms with Crippen molar-refractivity contribution >= 4 is 5.91 Å². The molecule has 6 heteroatoms. The van der Waals surface area contributed by atoms with E-state index in [9.17, 15) is 4.79 Å². The summed E-state index contributed by atoms with van der Waals surface area (Å²) in [4.78, 5) is 16.7. The van der Waals surface area contributed by atoms with Gasteiger partial charge in [0.05, 0.1) is 24.5 Å². The molecule has 1 N–H and O–H groups in total. The van der Waals surface area contributed by atoms with E-state index in [1.165, 1.54) is 5.56 Å². The lowest BCUT2D eigenvalue weighted by Crippen LogP contribution is -2.36. The van der Waals surface area contributed by atoms with Crippen molar-refractivity contribution in [1.29, 1.82) is 0 Å². The molecule has 6 nitrogen and oxygen atoms in total. The second-order valence-electron chi connectivity index (χ2n) is 6.89. The number of rotatable bonds is 5. The molecule has 2 atom stereocenters. The molecule has 1 amide bonds. The van der Waals surface area contributed by atoms with Crippen molar-refractivity contribution in [1.82, 2.24) is 20.1 Å². The first-order valence-electron chi connectivity index (χ1n) is 9.30. The first kappa shape index (κ1) is 17.0. The molecule has 0 aromatic carbocycles. The number of hydrogen-bond acceptors (Lipinski definition) is 4. The van der Waals surface area contributed by atoms with Gasteiger partial charge in [0, 0.05) is 24.9 Å². The monoisotopic (exact) mass is 352 g/mol. The highest BCUT2D eigenvalue weighted by Gasteiger charge is 2.26. The van der Waals surface area contributed by atoms with Gasteiger partial charge in [-0.3, -0.25) is 14.5 Å². The van der Waals surface area contributed by atoms with Gasteiger partial charge < -0.3 is 10.1 Å². The number of pyridine rings is 1. The van der Waals surface area contributed by atoms with Crippen molar-refractivity contribution in [2.45, 2.75) is 38.3 Å². The first-order valence-corrected chi connectivity index (χ1v) is 9.30. The number of ether oxygens (including phenoxy) is 1. The topological polar surface area (TPSA) is 69.0 Å². The van der Waals surface area contributed by atoms with Gasteiger partial charge in [-0.25, -0.2) is 0 Å². The third kappa shape index (κ3) is 3.85. The van der Waals surface area contributed by atoms with Gasteiger partial charge in [-0.2, -0.15) is 5.10 Å². The molecular formula is C20H24N4O2. The van der Waals surface area contributed by atoms with Crippen LogP contribution in [0.3, 0.4) is 0 Å². The van der Waals surface area contributed by atoms with E-state index in [-0.39, 0.29) is 17.9 Å². The van der Waals surface area contributed by atoms with Crippen LogP contribution in [0.1, 0.15) is 42.3 Å². The maximum absolute atomic E-state index is 12.4. The van der Waals surface area contributed by atoms with Crippen LogP contribution in [0.25, 0.3) is 0 Å². The van der Waals surface area contributed by atoms with E-state index >= 15 is 0 Å². The summed E-state index contributed by atoms with van der Waals surface area (Å²) in [6.45, 7) is 1.78. The average Bonchev–Trinajstić information content (AvgIpc) is 3.10. The lowest BCUT2D eigenvalue weighted by molar-refractivity contribution is -0.126. The smallest absolute Gasteiger partial charge is 0.223 e. The summed E-state index contributed by atoms with van der Waals surface area (Å²) in [5, 5.41) is 7.77. The predicted molar refractivity (Wildman–Crippen MR) is 97.5 cm³/mol. The molecule has 1 aliphatic carbocycles. The van der Waals surface area contributed by atoms with Crippen molar-refractivity contribution in [3.8, 4) is 0 Å². The first-order chi connectivity index (χ1) is 12.8. The largest absolute Gasteiger partial charge is 0.370 e. The number of carbonyl (C=O) groups excluding carboxylic acids is 1. The van der Waals surface area contributed by atoms with E-state index in [1.807, 2.05) is 22.9 Å². The number of carbonyl (C=O) groups is 1. The Morgan fingerprint density at radius 3 is 3.12 bits per heavy atom. The molecule has 2 aliphatic rings. The zero-order valence-electron chi connectivity index (χ0n) is 14.8. The minimum Gasteiger partial charge on any atom is -0.370 e. The SMILES string of the molecule is O=C(NC[C@H]1OCCc2cn(Cc3ccccn3)nc21)[C@@H]1CC=CCC1. The fourth-order valence-corrected chi connectivity index (χ4v) is 3.59. The summed E-state index contributed by atoms with van der Waals surface area (Å²) in [7, 11) is 0. The number of aromatic nitrogens is 3. The molecular weight excluding hydrogens is 328 g/mol. The molecule has 0 bridgehead atoms. The van der Waals surface area contributed by atoms with E-state index in [4.69, 9.17) is 9.84 Å². The van der Waals surface area contributed by atoms with E-state index in [0.29, 0.717) is 19.7 Å². The maximum atomic E-state index is 12.4. The summed E-state index contributed by atoms with van der Waals surface area (Å²) >= 11 is 0. The number of nitrogens with one attached hydrogen (secondary N) is 1. The highest BCUT2D eigenvalue weighted by atomic mass is 16.5. The van der Waals surface area contributed by atoms with Gasteiger partial charge in [0.15, 0.2) is 0 Å². The van der Waals surface area contributed by atoms with Crippen LogP contribution in [0.15, 0.2) is 42.7 Å². The number of amides is 1. The van der Waals surface area contributed by atoms with Gasteiger partial charge in [-0.1, -0.05) is 18.2 Å². The number of allylic oxidation sites excluding steroid dienone is 2. The standard InChI is InChI=1S/C20H24N4O2/c25-20(15-6-2-1-3-7-15)22-12-18-19-16(9-11-26-18)13-24(23-19)14-17-8-4-5-10-21-17/h1-2,4-5,8,10,13,15,18H,3,6-7,9,11-12,14H2,(H,22,25)/t15-,18-/m1/s1. The average molecular weight is 352 g/mol. The number of fused-ring (bicyclic) bond motifs is 1. The van der Waals surface area contributed by atoms with E-state index < -0.39 is 0 Å². The molecule has 3 heterocycles. The minimum atomic E-state index is -0.174. The van der Waals surface area contributed by atoms with Gasteiger partial charge in [0.2, 0.25) is 5.91 Å². The van der Waals surface area contributed by atoms with Crippen LogP contribution in [-0.4, -0.2) is 33.8 Å². The zero-order valence-corrected chi connectivity index (χ0v) is 14.8. The molecule has 0 saturated heterocycles. The lowest BCUT2D eigenvalue weighted by Gasteiger charge is -2.24. The summed E-state index contributed by atoms with van der Waals surface area (Å²) < 4.78 is 7.80. The van der Waals surface area contributed by atoms with Gasteiger partial charge in [-0.15, -0.1) is 0 Å². The van der Waals surface area contributed by atoms with Gasteiger partial charge in [0.1, 0.15) is 6.10 Å². The third-order valence-electron chi connectivity index (χ3n) is 5.02. The van der Waals surface area contributed by atoms with Crippen LogP contribution in [-0.2, 0) is 22.5 Å². The molecule has 1 aliphatic heterocycles. The van der Waals surface area contributed by atoms with Crippen LogP contribution in [0.4, 0.5) is 0 Å². The number of hydrogen-bond donors (Lipinski definition) is 1. The number of nitrogens with zero attached hydrogens (tertiary/aromatic N) is 3. The quantitative estimate of drug-likeness (QED) is 0.839. The van der Waals surface area contributed by atoms with Crippen molar-refractivity contribution in [3.05, 3.63) is 59.7 Å². The van der Waals surface area contributed by atoms with Crippen molar-refractivity contribution in [3.63, 3.8) is 0 Å². The molecule has 4 rings (SSSR count). The third-order valence-corrected chi connectivity index (χ3v) is 5.02. The second-order valence-corrected chi connectivity index (χ2v) is 6.89. The van der Waals surface area contributed by atoms with E-state index in [2.05, 4.69) is 28.6 Å². The summed E-state index contributed by atoms with van der Waals surface area (Å²) in [6.07, 6.45) is 11.5. The van der Waals surface area contributed by atoms with Crippen LogP contribution in [0, 0.1) is 5.92 Å². The van der Waals surface area contributed by atoms with Gasteiger partial charge in [-0.05, 0) is 43.4 Å². The van der Waals surface area contributed by atoms with E-state index in [1.54, 1.807) is 6.20 Å². The molecule has 26 heavy (non-hydrogen) atoms. The fourth-order valence-electron chi connectivity index (χ4n) is 3.59. The molecule has 0 saturated carbocycles. The van der Waals surface area contributed by atoms with Crippen LogP contribution < -0.4 is 5.32 Å². The molecule has 0 unspecified atom stereocenters. The lowest BCUT2D eigenvalue weighted by atomic mass is 9.93. The Hall–Kier alpha value is -2.47. The summed E-state index contributed by atoms with van der Waals surface area (Å²) in [5.41, 5.74) is 3.12. The predicted octanol–water partition coefficient (Wildman–Crippen LogP) is 2.41. The zero-order chi connectivity index (χ0) is 17.8. The Kier molecular flexibility index (Phi) is 5.11. The Morgan fingerprint density at radius 2 is 2.31 bits per heavy atom.